The van der Waals surface area contributed by atoms with E-state index >= 15 is 0 Å². The number of anilines is 1. The van der Waals surface area contributed by atoms with Gasteiger partial charge in [-0.1, -0.05) is 49.4 Å². The van der Waals surface area contributed by atoms with E-state index in [1.165, 1.54) is 22.4 Å². The van der Waals surface area contributed by atoms with Crippen molar-refractivity contribution in [2.75, 3.05) is 31.1 Å². The molecule has 0 bridgehead atoms. The second-order valence-corrected chi connectivity index (χ2v) is 7.39. The zero-order valence-electron chi connectivity index (χ0n) is 15.2. The largest absolute Gasteiger partial charge is 0.373 e. The Balaban J connectivity index is 1.53. The van der Waals surface area contributed by atoms with Gasteiger partial charge < -0.3 is 15.0 Å². The molecule has 25 heavy (non-hydrogen) atoms. The van der Waals surface area contributed by atoms with Gasteiger partial charge in [0.05, 0.1) is 12.7 Å². The van der Waals surface area contributed by atoms with Gasteiger partial charge in [0.2, 0.25) is 0 Å². The van der Waals surface area contributed by atoms with E-state index in [0.29, 0.717) is 12.0 Å². The lowest BCUT2D eigenvalue weighted by molar-refractivity contribution is -0.00539. The van der Waals surface area contributed by atoms with Crippen LogP contribution >= 0.6 is 0 Å². The Morgan fingerprint density at radius 3 is 2.80 bits per heavy atom. The Bertz CT molecular complexity index is 729. The minimum atomic E-state index is 0.194. The summed E-state index contributed by atoms with van der Waals surface area (Å²) in [6.45, 7) is 8.50. The molecular formula is C22H28N2O. The smallest absolute Gasteiger partial charge is 0.0868 e. The summed E-state index contributed by atoms with van der Waals surface area (Å²) in [5, 5.41) is 3.74. The molecule has 2 aromatic carbocycles. The summed E-state index contributed by atoms with van der Waals surface area (Å²) < 4.78 is 6.23. The van der Waals surface area contributed by atoms with E-state index in [9.17, 15) is 0 Å². The number of fused-ring (bicyclic) bond motifs is 1. The summed E-state index contributed by atoms with van der Waals surface area (Å²) in [6, 6.07) is 17.9. The molecule has 2 aliphatic rings. The van der Waals surface area contributed by atoms with Gasteiger partial charge in [0, 0.05) is 37.3 Å². The third kappa shape index (κ3) is 3.31. The van der Waals surface area contributed by atoms with Gasteiger partial charge in [-0.25, -0.2) is 0 Å². The van der Waals surface area contributed by atoms with E-state index in [-0.39, 0.29) is 6.10 Å². The lowest BCUT2D eigenvalue weighted by Crippen LogP contribution is -2.54. The summed E-state index contributed by atoms with van der Waals surface area (Å²) in [4.78, 5) is 2.53. The van der Waals surface area contributed by atoms with Crippen molar-refractivity contribution in [2.24, 2.45) is 5.92 Å². The van der Waals surface area contributed by atoms with Gasteiger partial charge in [-0.2, -0.15) is 0 Å². The number of benzene rings is 2. The number of hydrogen-bond donors (Lipinski definition) is 1. The van der Waals surface area contributed by atoms with Crippen molar-refractivity contribution in [3.05, 3.63) is 65.2 Å². The maximum absolute atomic E-state index is 6.23. The molecule has 0 radical (unpaired) electrons. The minimum Gasteiger partial charge on any atom is -0.373 e. The third-order valence-electron chi connectivity index (χ3n) is 5.80. The fourth-order valence-corrected chi connectivity index (χ4v) is 4.34. The highest BCUT2D eigenvalue weighted by atomic mass is 16.5. The SMILES string of the molecule is Cc1ccccc1N1CCNC(C(C)C2OCCc3ccccc32)C1. The zero-order chi connectivity index (χ0) is 17.2. The first-order valence-electron chi connectivity index (χ1n) is 9.47. The molecule has 2 heterocycles. The number of para-hydroxylation sites is 1. The molecule has 3 unspecified atom stereocenters. The van der Waals surface area contributed by atoms with Crippen molar-refractivity contribution >= 4 is 5.69 Å². The fourth-order valence-electron chi connectivity index (χ4n) is 4.34. The number of nitrogens with one attached hydrogen (secondary N) is 1. The molecule has 2 aliphatic heterocycles. The van der Waals surface area contributed by atoms with E-state index in [1.807, 2.05) is 0 Å². The van der Waals surface area contributed by atoms with Crippen LogP contribution < -0.4 is 10.2 Å². The number of ether oxygens (including phenoxy) is 1. The molecule has 1 N–H and O–H groups in total. The van der Waals surface area contributed by atoms with Crippen molar-refractivity contribution in [1.82, 2.24) is 5.32 Å². The van der Waals surface area contributed by atoms with Crippen LogP contribution in [0.4, 0.5) is 5.69 Å². The quantitative estimate of drug-likeness (QED) is 0.924. The Hall–Kier alpha value is -1.84. The molecule has 2 aromatic rings. The zero-order valence-corrected chi connectivity index (χ0v) is 15.2. The first kappa shape index (κ1) is 16.6. The Kier molecular flexibility index (Phi) is 4.78. The fraction of sp³-hybridized carbons (Fsp3) is 0.455. The van der Waals surface area contributed by atoms with Crippen LogP contribution in [0.5, 0.6) is 0 Å². The van der Waals surface area contributed by atoms with E-state index in [2.05, 4.69) is 72.6 Å². The molecule has 3 heteroatoms. The average molecular weight is 336 g/mol. The molecule has 0 aliphatic carbocycles. The number of aryl methyl sites for hydroxylation is 1. The standard InChI is InChI=1S/C22H28N2O/c1-16-7-3-6-10-21(16)24-13-12-23-20(15-24)17(2)22-19-9-5-4-8-18(19)11-14-25-22/h3-10,17,20,22-23H,11-15H2,1-2H3. The van der Waals surface area contributed by atoms with Crippen molar-refractivity contribution in [3.8, 4) is 0 Å². The average Bonchev–Trinajstić information content (AvgIpc) is 2.67. The Morgan fingerprint density at radius 1 is 1.12 bits per heavy atom. The van der Waals surface area contributed by atoms with Crippen LogP contribution in [-0.4, -0.2) is 32.3 Å². The van der Waals surface area contributed by atoms with Crippen LogP contribution in [0.2, 0.25) is 0 Å². The summed E-state index contributed by atoms with van der Waals surface area (Å²) in [5.74, 6) is 0.438. The highest BCUT2D eigenvalue weighted by Crippen LogP contribution is 2.35. The highest BCUT2D eigenvalue weighted by Gasteiger charge is 2.33. The van der Waals surface area contributed by atoms with E-state index in [1.54, 1.807) is 0 Å². The summed E-state index contributed by atoms with van der Waals surface area (Å²) in [6.07, 6.45) is 1.23. The maximum Gasteiger partial charge on any atom is 0.0868 e. The molecule has 0 spiro atoms. The normalized spacial score (nSPS) is 24.6. The number of nitrogens with zero attached hydrogens (tertiary/aromatic N) is 1. The molecule has 3 atom stereocenters. The predicted molar refractivity (Wildman–Crippen MR) is 103 cm³/mol. The maximum atomic E-state index is 6.23. The molecule has 0 amide bonds. The van der Waals surface area contributed by atoms with Crippen molar-refractivity contribution in [2.45, 2.75) is 32.4 Å². The molecule has 132 valence electrons. The van der Waals surface area contributed by atoms with Gasteiger partial charge in [-0.3, -0.25) is 0 Å². The predicted octanol–water partition coefficient (Wildman–Crippen LogP) is 3.72. The van der Waals surface area contributed by atoms with Crippen LogP contribution in [0.15, 0.2) is 48.5 Å². The molecule has 4 rings (SSSR count). The summed E-state index contributed by atoms with van der Waals surface area (Å²) in [5.41, 5.74) is 5.56. The summed E-state index contributed by atoms with van der Waals surface area (Å²) >= 11 is 0. The second-order valence-electron chi connectivity index (χ2n) is 7.39. The Morgan fingerprint density at radius 2 is 1.92 bits per heavy atom. The molecule has 0 saturated carbocycles. The lowest BCUT2D eigenvalue weighted by Gasteiger charge is -2.42. The highest BCUT2D eigenvalue weighted by molar-refractivity contribution is 5.53. The second kappa shape index (κ2) is 7.19. The lowest BCUT2D eigenvalue weighted by atomic mass is 9.85. The number of rotatable bonds is 3. The van der Waals surface area contributed by atoms with Gasteiger partial charge in [0.25, 0.3) is 0 Å². The van der Waals surface area contributed by atoms with Gasteiger partial charge in [-0.05, 0) is 36.1 Å². The van der Waals surface area contributed by atoms with Crippen LogP contribution in [-0.2, 0) is 11.2 Å². The molecule has 1 fully saturated rings. The van der Waals surface area contributed by atoms with Crippen LogP contribution in [0.25, 0.3) is 0 Å². The monoisotopic (exact) mass is 336 g/mol. The minimum absolute atomic E-state index is 0.194. The first-order valence-corrected chi connectivity index (χ1v) is 9.47. The van der Waals surface area contributed by atoms with Crippen LogP contribution in [0.3, 0.4) is 0 Å². The van der Waals surface area contributed by atoms with Gasteiger partial charge >= 0.3 is 0 Å². The number of piperazine rings is 1. The third-order valence-corrected chi connectivity index (χ3v) is 5.80. The van der Waals surface area contributed by atoms with Gasteiger partial charge in [0.1, 0.15) is 0 Å². The van der Waals surface area contributed by atoms with E-state index < -0.39 is 0 Å². The van der Waals surface area contributed by atoms with Gasteiger partial charge in [-0.15, -0.1) is 0 Å². The first-order chi connectivity index (χ1) is 12.2. The van der Waals surface area contributed by atoms with Crippen LogP contribution in [0.1, 0.15) is 29.7 Å². The van der Waals surface area contributed by atoms with Crippen molar-refractivity contribution in [1.29, 1.82) is 0 Å². The topological polar surface area (TPSA) is 24.5 Å². The van der Waals surface area contributed by atoms with Crippen molar-refractivity contribution in [3.63, 3.8) is 0 Å². The van der Waals surface area contributed by atoms with E-state index in [4.69, 9.17) is 4.74 Å². The molecule has 3 nitrogen and oxygen atoms in total. The molecule has 0 aromatic heterocycles. The summed E-state index contributed by atoms with van der Waals surface area (Å²) in [7, 11) is 0. The Labute approximate surface area is 151 Å². The number of hydrogen-bond acceptors (Lipinski definition) is 3. The molecular weight excluding hydrogens is 308 g/mol. The van der Waals surface area contributed by atoms with Gasteiger partial charge in [0.15, 0.2) is 0 Å². The van der Waals surface area contributed by atoms with E-state index in [0.717, 1.165) is 32.7 Å². The van der Waals surface area contributed by atoms with Crippen LogP contribution in [0, 0.1) is 12.8 Å². The molecule has 1 saturated heterocycles. The van der Waals surface area contributed by atoms with Crippen molar-refractivity contribution < 1.29 is 4.74 Å².